The molecule has 0 heterocycles. The summed E-state index contributed by atoms with van der Waals surface area (Å²) >= 11 is 0. The molecule has 112 valence electrons. The largest absolute Gasteiger partial charge is 0.551 e. The van der Waals surface area contributed by atoms with Gasteiger partial charge in [-0.15, -0.1) is 0 Å². The first-order valence-electron chi connectivity index (χ1n) is 5.20. The molecular formula is C14H35NOY2-4. The van der Waals surface area contributed by atoms with Crippen molar-refractivity contribution in [1.82, 2.24) is 5.32 Å². The zero-order valence-corrected chi connectivity index (χ0v) is 18.6. The van der Waals surface area contributed by atoms with Crippen LogP contribution in [0.3, 0.4) is 0 Å². The van der Waals surface area contributed by atoms with Gasteiger partial charge in [0.1, 0.15) is 0 Å². The van der Waals surface area contributed by atoms with Crippen molar-refractivity contribution in [2.45, 2.75) is 67.5 Å². The van der Waals surface area contributed by atoms with Gasteiger partial charge in [0.05, 0.1) is 0 Å². The minimum Gasteiger partial charge on any atom is -0.551 e. The molecule has 0 aliphatic heterocycles. The minimum atomic E-state index is -0.0694. The Bertz CT molecular complexity index is 84.4. The predicted molar refractivity (Wildman–Crippen MR) is 78.6 cm³/mol. The van der Waals surface area contributed by atoms with Gasteiger partial charge in [-0.25, -0.2) is 7.11 Å². The fraction of sp³-hybridized carbons (Fsp3) is 0.714. The van der Waals surface area contributed by atoms with E-state index in [2.05, 4.69) is 38.1 Å². The van der Waals surface area contributed by atoms with E-state index in [0.29, 0.717) is 6.04 Å². The minimum absolute atomic E-state index is 0. The number of nitrogens with one attached hydrogen (secondary N) is 1. The maximum Gasteiger partial charge on any atom is 0.0257 e. The van der Waals surface area contributed by atoms with Crippen LogP contribution in [-0.4, -0.2) is 11.6 Å². The van der Waals surface area contributed by atoms with Crippen LogP contribution >= 0.6 is 0 Å². The van der Waals surface area contributed by atoms with Crippen LogP contribution in [0.4, 0.5) is 0 Å². The number of rotatable bonds is 1. The Morgan fingerprint density at radius 3 is 1.06 bits per heavy atom. The van der Waals surface area contributed by atoms with Crippen molar-refractivity contribution in [3.63, 3.8) is 0 Å². The van der Waals surface area contributed by atoms with Gasteiger partial charge in [-0.05, 0) is 26.8 Å². The van der Waals surface area contributed by atoms with Crippen LogP contribution in [0.25, 0.3) is 0 Å². The number of hydrogen-bond acceptors (Lipinski definition) is 2. The molecule has 2 nitrogen and oxygen atoms in total. The summed E-state index contributed by atoms with van der Waals surface area (Å²) < 4.78 is 4.69. The first-order chi connectivity index (χ1) is 6.83. The summed E-state index contributed by atoms with van der Waals surface area (Å²) in [6.07, 6.45) is 0. The Morgan fingerprint density at radius 2 is 1.06 bits per heavy atom. The molecule has 0 unspecified atom stereocenters. The number of hydrogen-bond donors (Lipinski definition) is 1. The Labute approximate surface area is 169 Å². The van der Waals surface area contributed by atoms with Gasteiger partial charge in [-0.3, -0.25) is 7.05 Å². The Balaban J connectivity index is -0.0000000187. The smallest absolute Gasteiger partial charge is 0.0257 e. The van der Waals surface area contributed by atoms with Gasteiger partial charge in [-0.2, -0.15) is 13.8 Å². The Morgan fingerprint density at radius 1 is 0.944 bits per heavy atom. The normalized spacial score (nSPS) is 7.33. The van der Waals surface area contributed by atoms with Crippen LogP contribution in [-0.2, 0) is 70.2 Å². The van der Waals surface area contributed by atoms with E-state index in [9.17, 15) is 0 Å². The van der Waals surface area contributed by atoms with Crippen LogP contribution in [0, 0.1) is 28.0 Å². The maximum absolute atomic E-state index is 4.69. The van der Waals surface area contributed by atoms with Crippen LogP contribution in [0.2, 0.25) is 0 Å². The molecule has 0 rings (SSSR count). The van der Waals surface area contributed by atoms with Gasteiger partial charge >= 0.3 is 0 Å². The zero-order valence-electron chi connectivity index (χ0n) is 13.0. The molecule has 2 radical (unpaired) electrons. The van der Waals surface area contributed by atoms with Crippen LogP contribution in [0.1, 0.15) is 55.9 Å². The second-order valence-corrected chi connectivity index (χ2v) is 3.62. The van der Waals surface area contributed by atoms with Crippen molar-refractivity contribution >= 4 is 0 Å². The van der Waals surface area contributed by atoms with Gasteiger partial charge in [0.15, 0.2) is 0 Å². The first-order valence-corrected chi connectivity index (χ1v) is 5.20. The van der Waals surface area contributed by atoms with E-state index in [0.717, 1.165) is 0 Å². The standard InChI is InChI=1S/C5H11O.C4H10N.2C2H5.CH4.2Y/c1-5(2,3)6-4;1-4(2)5-3;2*1-2;;;/h4H2,1-3H3;4-5H,3H2,1-2H3;2*1H2,2H3;1H4;;/q4*-1;;;. The van der Waals surface area contributed by atoms with E-state index in [1.807, 2.05) is 34.6 Å². The summed E-state index contributed by atoms with van der Waals surface area (Å²) in [6.45, 7) is 20.0. The number of ether oxygens (including phenoxy) is 1. The van der Waals surface area contributed by atoms with Crippen LogP contribution in [0.5, 0.6) is 0 Å². The molecule has 0 spiro atoms. The average molecular weight is 411 g/mol. The first kappa shape index (κ1) is 42.7. The second-order valence-electron chi connectivity index (χ2n) is 3.62. The summed E-state index contributed by atoms with van der Waals surface area (Å²) in [5, 5.41) is 2.78. The monoisotopic (exact) mass is 411 g/mol. The third-order valence-electron chi connectivity index (χ3n) is 0.841. The molecule has 1 N–H and O–H groups in total. The second kappa shape index (κ2) is 36.5. The van der Waals surface area contributed by atoms with E-state index in [4.69, 9.17) is 0 Å². The molecule has 0 atom stereocenters. The third kappa shape index (κ3) is 105. The summed E-state index contributed by atoms with van der Waals surface area (Å²) in [7, 11) is 6.69. The fourth-order valence-electron chi connectivity index (χ4n) is 0. The molecule has 0 fully saturated rings. The summed E-state index contributed by atoms with van der Waals surface area (Å²) in [5.41, 5.74) is -0.0694. The molecule has 0 amide bonds. The molecule has 0 aromatic heterocycles. The van der Waals surface area contributed by atoms with Crippen LogP contribution < -0.4 is 5.32 Å². The van der Waals surface area contributed by atoms with Crippen molar-refractivity contribution < 1.29 is 70.2 Å². The quantitative estimate of drug-likeness (QED) is 0.633. The van der Waals surface area contributed by atoms with E-state index in [1.165, 1.54) is 0 Å². The zero-order chi connectivity index (χ0) is 13.5. The van der Waals surface area contributed by atoms with Gasteiger partial charge < -0.3 is 23.9 Å². The third-order valence-corrected chi connectivity index (χ3v) is 0.841. The van der Waals surface area contributed by atoms with E-state index < -0.39 is 0 Å². The molecule has 4 heteroatoms. The van der Waals surface area contributed by atoms with E-state index in [-0.39, 0.29) is 78.4 Å². The van der Waals surface area contributed by atoms with E-state index in [1.54, 1.807) is 13.8 Å². The Kier molecular flexibility index (Phi) is 86.6. The molecule has 0 aliphatic rings. The topological polar surface area (TPSA) is 21.3 Å². The van der Waals surface area contributed by atoms with Crippen molar-refractivity contribution in [2.75, 3.05) is 0 Å². The van der Waals surface area contributed by atoms with Gasteiger partial charge in [-0.1, -0.05) is 21.3 Å². The van der Waals surface area contributed by atoms with Crippen molar-refractivity contribution in [3.05, 3.63) is 28.0 Å². The molecule has 0 bridgehead atoms. The Hall–Kier alpha value is 2.13. The molecular weight excluding hydrogens is 376 g/mol. The SMILES string of the molecule is C.[CH2-]C.[CH2-]C.[CH2-]NC(C)C.[CH2-]OC(C)(C)C.[Y].[Y]. The molecule has 0 aromatic carbocycles. The fourth-order valence-corrected chi connectivity index (χ4v) is 0. The van der Waals surface area contributed by atoms with Crippen molar-refractivity contribution in [3.8, 4) is 0 Å². The van der Waals surface area contributed by atoms with Gasteiger partial charge in [0.25, 0.3) is 0 Å². The molecule has 0 aromatic rings. The average Bonchev–Trinajstić information content (AvgIpc) is 2.23. The summed E-state index contributed by atoms with van der Waals surface area (Å²) in [5.74, 6) is 0. The van der Waals surface area contributed by atoms with Gasteiger partial charge in [0, 0.05) is 71.0 Å². The molecule has 18 heavy (non-hydrogen) atoms. The molecule has 0 saturated carbocycles. The molecule has 0 saturated heterocycles. The van der Waals surface area contributed by atoms with E-state index >= 15 is 0 Å². The van der Waals surface area contributed by atoms with Gasteiger partial charge in [0.2, 0.25) is 0 Å². The van der Waals surface area contributed by atoms with Crippen LogP contribution in [0.15, 0.2) is 0 Å². The maximum atomic E-state index is 4.69. The van der Waals surface area contributed by atoms with Crippen molar-refractivity contribution in [1.29, 1.82) is 0 Å². The predicted octanol–water partition coefficient (Wildman–Crippen LogP) is 4.68. The summed E-state index contributed by atoms with van der Waals surface area (Å²) in [6, 6.07) is 0.523. The summed E-state index contributed by atoms with van der Waals surface area (Å²) in [4.78, 5) is 0. The molecule has 0 aliphatic carbocycles. The van der Waals surface area contributed by atoms with Crippen molar-refractivity contribution in [2.24, 2.45) is 0 Å².